The zero-order valence-electron chi connectivity index (χ0n) is 10.4. The minimum atomic E-state index is -0.513. The zero-order chi connectivity index (χ0) is 14.0. The molecular formula is C13H12Cl2FN3. The smallest absolute Gasteiger partial charge is 0.224 e. The van der Waals surface area contributed by atoms with Gasteiger partial charge in [0.1, 0.15) is 0 Å². The second-order valence-corrected chi connectivity index (χ2v) is 4.93. The van der Waals surface area contributed by atoms with E-state index < -0.39 is 5.82 Å². The van der Waals surface area contributed by atoms with E-state index in [-0.39, 0.29) is 17.1 Å². The van der Waals surface area contributed by atoms with E-state index in [9.17, 15) is 4.39 Å². The van der Waals surface area contributed by atoms with Gasteiger partial charge in [-0.2, -0.15) is 4.98 Å². The van der Waals surface area contributed by atoms with Crippen LogP contribution in [0.25, 0.3) is 0 Å². The molecule has 19 heavy (non-hydrogen) atoms. The summed E-state index contributed by atoms with van der Waals surface area (Å²) in [7, 11) is 1.74. The fourth-order valence-corrected chi connectivity index (χ4v) is 2.09. The predicted molar refractivity (Wildman–Crippen MR) is 75.3 cm³/mol. The van der Waals surface area contributed by atoms with Crippen molar-refractivity contribution in [2.24, 2.45) is 0 Å². The molecule has 1 aromatic carbocycles. The van der Waals surface area contributed by atoms with Crippen LogP contribution in [0.4, 0.5) is 10.2 Å². The Balaban J connectivity index is 2.33. The standard InChI is InChI=1S/C13H12Cl2FN3/c1-8(9-4-3-5-10(14)6-9)19(2)12-11(16)7-17-13(15)18-12/h3-8H,1-2H3. The first-order valence-corrected chi connectivity index (χ1v) is 6.41. The van der Waals surface area contributed by atoms with E-state index in [1.54, 1.807) is 18.0 Å². The highest BCUT2D eigenvalue weighted by Crippen LogP contribution is 2.27. The summed E-state index contributed by atoms with van der Waals surface area (Å²) in [4.78, 5) is 9.20. The number of hydrogen-bond acceptors (Lipinski definition) is 3. The molecule has 0 fully saturated rings. The number of benzene rings is 1. The summed E-state index contributed by atoms with van der Waals surface area (Å²) < 4.78 is 13.7. The Bertz CT molecular complexity index is 592. The molecule has 0 bridgehead atoms. The summed E-state index contributed by atoms with van der Waals surface area (Å²) in [6.07, 6.45) is 1.06. The lowest BCUT2D eigenvalue weighted by Crippen LogP contribution is -2.24. The summed E-state index contributed by atoms with van der Waals surface area (Å²) >= 11 is 11.7. The second kappa shape index (κ2) is 5.72. The molecule has 0 N–H and O–H groups in total. The minimum absolute atomic E-state index is 0.0153. The molecule has 0 amide bonds. The highest BCUT2D eigenvalue weighted by molar-refractivity contribution is 6.30. The molecule has 1 unspecified atom stereocenters. The average Bonchev–Trinajstić information content (AvgIpc) is 2.40. The number of halogens is 3. The third kappa shape index (κ3) is 3.14. The molecule has 0 aliphatic carbocycles. The third-order valence-corrected chi connectivity index (χ3v) is 3.36. The van der Waals surface area contributed by atoms with Crippen LogP contribution in [0.2, 0.25) is 10.3 Å². The van der Waals surface area contributed by atoms with E-state index in [2.05, 4.69) is 9.97 Å². The SMILES string of the molecule is CC(c1cccc(Cl)c1)N(C)c1nc(Cl)ncc1F. The fourth-order valence-electron chi connectivity index (χ4n) is 1.76. The summed E-state index contributed by atoms with van der Waals surface area (Å²) in [5.41, 5.74) is 0.962. The quantitative estimate of drug-likeness (QED) is 0.798. The summed E-state index contributed by atoms with van der Waals surface area (Å²) in [6.45, 7) is 1.93. The minimum Gasteiger partial charge on any atom is -0.350 e. The van der Waals surface area contributed by atoms with Crippen molar-refractivity contribution in [1.82, 2.24) is 9.97 Å². The van der Waals surface area contributed by atoms with E-state index >= 15 is 0 Å². The van der Waals surface area contributed by atoms with Gasteiger partial charge in [0.05, 0.1) is 12.2 Å². The molecule has 1 aromatic heterocycles. The molecular weight excluding hydrogens is 288 g/mol. The number of anilines is 1. The normalized spacial score (nSPS) is 12.3. The number of nitrogens with zero attached hydrogens (tertiary/aromatic N) is 3. The molecule has 1 heterocycles. The van der Waals surface area contributed by atoms with Crippen LogP contribution in [0, 0.1) is 5.82 Å². The molecule has 3 nitrogen and oxygen atoms in total. The van der Waals surface area contributed by atoms with Gasteiger partial charge in [0.2, 0.25) is 5.28 Å². The maximum atomic E-state index is 13.7. The monoisotopic (exact) mass is 299 g/mol. The van der Waals surface area contributed by atoms with Gasteiger partial charge in [-0.15, -0.1) is 0 Å². The maximum absolute atomic E-state index is 13.7. The van der Waals surface area contributed by atoms with Crippen LogP contribution in [0.3, 0.4) is 0 Å². The first-order chi connectivity index (χ1) is 8.99. The van der Waals surface area contributed by atoms with Gasteiger partial charge in [0, 0.05) is 12.1 Å². The molecule has 0 aliphatic heterocycles. The Hall–Kier alpha value is -1.39. The third-order valence-electron chi connectivity index (χ3n) is 2.94. The van der Waals surface area contributed by atoms with E-state index in [1.165, 1.54) is 0 Å². The molecule has 0 spiro atoms. The van der Waals surface area contributed by atoms with Crippen LogP contribution in [0.15, 0.2) is 30.5 Å². The van der Waals surface area contributed by atoms with Crippen LogP contribution in [-0.2, 0) is 0 Å². The lowest BCUT2D eigenvalue weighted by Gasteiger charge is -2.26. The van der Waals surface area contributed by atoms with Crippen LogP contribution in [0.5, 0.6) is 0 Å². The van der Waals surface area contributed by atoms with Crippen molar-refractivity contribution < 1.29 is 4.39 Å². The lowest BCUT2D eigenvalue weighted by molar-refractivity contribution is 0.595. The Morgan fingerprint density at radius 1 is 1.32 bits per heavy atom. The Kier molecular flexibility index (Phi) is 4.22. The molecule has 2 rings (SSSR count). The van der Waals surface area contributed by atoms with E-state index in [4.69, 9.17) is 23.2 Å². The van der Waals surface area contributed by atoms with Gasteiger partial charge in [-0.25, -0.2) is 9.37 Å². The van der Waals surface area contributed by atoms with Crippen molar-refractivity contribution >= 4 is 29.0 Å². The van der Waals surface area contributed by atoms with Crippen molar-refractivity contribution in [1.29, 1.82) is 0 Å². The predicted octanol–water partition coefficient (Wildman–Crippen LogP) is 4.12. The molecule has 100 valence electrons. The van der Waals surface area contributed by atoms with E-state index in [0.29, 0.717) is 5.02 Å². The van der Waals surface area contributed by atoms with Gasteiger partial charge in [0.25, 0.3) is 0 Å². The first kappa shape index (κ1) is 14.0. The van der Waals surface area contributed by atoms with Crippen LogP contribution < -0.4 is 4.90 Å². The number of rotatable bonds is 3. The largest absolute Gasteiger partial charge is 0.350 e. The maximum Gasteiger partial charge on any atom is 0.224 e. The lowest BCUT2D eigenvalue weighted by atomic mass is 10.1. The van der Waals surface area contributed by atoms with Crippen molar-refractivity contribution in [2.45, 2.75) is 13.0 Å². The fraction of sp³-hybridized carbons (Fsp3) is 0.231. The first-order valence-electron chi connectivity index (χ1n) is 5.65. The molecule has 0 saturated heterocycles. The topological polar surface area (TPSA) is 29.0 Å². The van der Waals surface area contributed by atoms with Gasteiger partial charge in [-0.1, -0.05) is 23.7 Å². The number of aromatic nitrogens is 2. The molecule has 1 atom stereocenters. The second-order valence-electron chi connectivity index (χ2n) is 4.15. The highest BCUT2D eigenvalue weighted by atomic mass is 35.5. The average molecular weight is 300 g/mol. The van der Waals surface area contributed by atoms with Crippen molar-refractivity contribution in [3.8, 4) is 0 Å². The van der Waals surface area contributed by atoms with Gasteiger partial charge < -0.3 is 4.90 Å². The Labute approximate surface area is 121 Å². The van der Waals surface area contributed by atoms with Crippen LogP contribution in [-0.4, -0.2) is 17.0 Å². The van der Waals surface area contributed by atoms with E-state index in [1.807, 2.05) is 25.1 Å². The van der Waals surface area contributed by atoms with E-state index in [0.717, 1.165) is 11.8 Å². The summed E-state index contributed by atoms with van der Waals surface area (Å²) in [5, 5.41) is 0.653. The molecule has 2 aromatic rings. The molecule has 6 heteroatoms. The number of hydrogen-bond donors (Lipinski definition) is 0. The zero-order valence-corrected chi connectivity index (χ0v) is 12.0. The van der Waals surface area contributed by atoms with Crippen molar-refractivity contribution in [3.05, 3.63) is 52.1 Å². The van der Waals surface area contributed by atoms with Crippen molar-refractivity contribution in [3.63, 3.8) is 0 Å². The molecule has 0 saturated carbocycles. The van der Waals surface area contributed by atoms with Crippen LogP contribution >= 0.6 is 23.2 Å². The molecule has 0 aliphatic rings. The highest BCUT2D eigenvalue weighted by Gasteiger charge is 2.18. The molecule has 0 radical (unpaired) electrons. The summed E-state index contributed by atoms with van der Waals surface area (Å²) in [5.74, 6) is -0.353. The van der Waals surface area contributed by atoms with Crippen LogP contribution in [0.1, 0.15) is 18.5 Å². The van der Waals surface area contributed by atoms with Gasteiger partial charge >= 0.3 is 0 Å². The van der Waals surface area contributed by atoms with Crippen molar-refractivity contribution in [2.75, 3.05) is 11.9 Å². The Morgan fingerprint density at radius 2 is 2.05 bits per heavy atom. The van der Waals surface area contributed by atoms with Gasteiger partial charge in [-0.05, 0) is 36.2 Å². The van der Waals surface area contributed by atoms with Gasteiger partial charge in [-0.3, -0.25) is 0 Å². The summed E-state index contributed by atoms with van der Waals surface area (Å²) in [6, 6.07) is 7.31. The van der Waals surface area contributed by atoms with Gasteiger partial charge in [0.15, 0.2) is 11.6 Å². The Morgan fingerprint density at radius 3 is 2.74 bits per heavy atom.